The van der Waals surface area contributed by atoms with Crippen LogP contribution in [0.2, 0.25) is 0 Å². The van der Waals surface area contributed by atoms with Gasteiger partial charge in [-0.25, -0.2) is 8.42 Å². The molecule has 0 amide bonds. The maximum atomic E-state index is 12.5. The number of rotatable bonds is 4. The van der Waals surface area contributed by atoms with Crippen molar-refractivity contribution in [3.63, 3.8) is 0 Å². The molecule has 0 radical (unpaired) electrons. The highest BCUT2D eigenvalue weighted by Crippen LogP contribution is 2.25. The molecule has 22 heavy (non-hydrogen) atoms. The number of nitrogens with zero attached hydrogens (tertiary/aromatic N) is 1. The predicted molar refractivity (Wildman–Crippen MR) is 85.5 cm³/mol. The Labute approximate surface area is 128 Å². The largest absolute Gasteiger partial charge is 0.497 e. The second-order valence-electron chi connectivity index (χ2n) is 4.69. The van der Waals surface area contributed by atoms with Gasteiger partial charge in [0, 0.05) is 17.0 Å². The molecule has 0 fully saturated rings. The standard InChI is InChI=1S/C16H14N2O3S/c1-21-13-6-8-14(9-7-13)22(19,20)18-16-11-17-10-12-4-2-3-5-15(12)16/h2-11,18H,1H3. The number of anilines is 1. The molecule has 5 nitrogen and oxygen atoms in total. The van der Waals surface area contributed by atoms with Gasteiger partial charge in [0.1, 0.15) is 5.75 Å². The molecule has 0 aliphatic carbocycles. The molecule has 1 aromatic heterocycles. The number of aromatic nitrogens is 1. The predicted octanol–water partition coefficient (Wildman–Crippen LogP) is 3.04. The molecule has 0 unspecified atom stereocenters. The lowest BCUT2D eigenvalue weighted by Crippen LogP contribution is -2.13. The van der Waals surface area contributed by atoms with Crippen LogP contribution in [0.25, 0.3) is 10.8 Å². The van der Waals surface area contributed by atoms with E-state index in [2.05, 4.69) is 9.71 Å². The number of hydrogen-bond acceptors (Lipinski definition) is 4. The van der Waals surface area contributed by atoms with Crippen molar-refractivity contribution in [1.29, 1.82) is 0 Å². The number of benzene rings is 2. The van der Waals surface area contributed by atoms with E-state index in [1.165, 1.54) is 25.4 Å². The van der Waals surface area contributed by atoms with Crippen LogP contribution in [0.3, 0.4) is 0 Å². The zero-order chi connectivity index (χ0) is 15.6. The van der Waals surface area contributed by atoms with Gasteiger partial charge in [-0.15, -0.1) is 0 Å². The first kappa shape index (κ1) is 14.3. The smallest absolute Gasteiger partial charge is 0.261 e. The fourth-order valence-corrected chi connectivity index (χ4v) is 3.22. The van der Waals surface area contributed by atoms with Crippen LogP contribution in [0, 0.1) is 0 Å². The molecule has 112 valence electrons. The maximum Gasteiger partial charge on any atom is 0.261 e. The Bertz CT molecular complexity index is 901. The number of ether oxygens (including phenoxy) is 1. The Morgan fingerprint density at radius 2 is 1.73 bits per heavy atom. The molecule has 1 heterocycles. The summed E-state index contributed by atoms with van der Waals surface area (Å²) in [4.78, 5) is 4.24. The van der Waals surface area contributed by atoms with Gasteiger partial charge in [-0.1, -0.05) is 24.3 Å². The first-order valence-electron chi connectivity index (χ1n) is 6.60. The van der Waals surface area contributed by atoms with Crippen molar-refractivity contribution in [2.75, 3.05) is 11.8 Å². The molecule has 6 heteroatoms. The molecule has 0 aliphatic heterocycles. The molecule has 0 atom stereocenters. The summed E-state index contributed by atoms with van der Waals surface area (Å²) in [5.74, 6) is 0.603. The van der Waals surface area contributed by atoms with Gasteiger partial charge in [-0.2, -0.15) is 0 Å². The van der Waals surface area contributed by atoms with E-state index in [9.17, 15) is 8.42 Å². The van der Waals surface area contributed by atoms with Crippen LogP contribution in [-0.2, 0) is 10.0 Å². The number of fused-ring (bicyclic) bond motifs is 1. The average molecular weight is 314 g/mol. The SMILES string of the molecule is COc1ccc(S(=O)(=O)Nc2cncc3ccccc23)cc1. The van der Waals surface area contributed by atoms with Gasteiger partial charge in [0.15, 0.2) is 0 Å². The highest BCUT2D eigenvalue weighted by atomic mass is 32.2. The van der Waals surface area contributed by atoms with Gasteiger partial charge < -0.3 is 4.74 Å². The number of methoxy groups -OCH3 is 1. The normalized spacial score (nSPS) is 11.3. The minimum atomic E-state index is -3.68. The third-order valence-corrected chi connectivity index (χ3v) is 4.66. The molecule has 0 bridgehead atoms. The van der Waals surface area contributed by atoms with Gasteiger partial charge in [0.25, 0.3) is 10.0 Å². The van der Waals surface area contributed by atoms with Crippen molar-refractivity contribution in [3.05, 3.63) is 60.9 Å². The molecule has 0 saturated carbocycles. The van der Waals surface area contributed by atoms with Gasteiger partial charge >= 0.3 is 0 Å². The number of sulfonamides is 1. The summed E-state index contributed by atoms with van der Waals surface area (Å²) in [5.41, 5.74) is 0.453. The fraction of sp³-hybridized carbons (Fsp3) is 0.0625. The van der Waals surface area contributed by atoms with Gasteiger partial charge in [0.05, 0.1) is 23.9 Å². The monoisotopic (exact) mass is 314 g/mol. The van der Waals surface area contributed by atoms with E-state index in [1.54, 1.807) is 18.3 Å². The van der Waals surface area contributed by atoms with Crippen molar-refractivity contribution in [3.8, 4) is 5.75 Å². The minimum absolute atomic E-state index is 0.168. The summed E-state index contributed by atoms with van der Waals surface area (Å²) in [5, 5.41) is 1.67. The summed E-state index contributed by atoms with van der Waals surface area (Å²) in [6.45, 7) is 0. The van der Waals surface area contributed by atoms with Crippen molar-refractivity contribution in [2.45, 2.75) is 4.90 Å². The van der Waals surface area contributed by atoms with E-state index >= 15 is 0 Å². The van der Waals surface area contributed by atoms with Crippen LogP contribution in [0.15, 0.2) is 65.8 Å². The van der Waals surface area contributed by atoms with Gasteiger partial charge in [0.2, 0.25) is 0 Å². The van der Waals surface area contributed by atoms with Crippen LogP contribution in [0.4, 0.5) is 5.69 Å². The molecule has 2 aromatic carbocycles. The second-order valence-corrected chi connectivity index (χ2v) is 6.37. The lowest BCUT2D eigenvalue weighted by atomic mass is 10.1. The fourth-order valence-electron chi connectivity index (χ4n) is 2.16. The summed E-state index contributed by atoms with van der Waals surface area (Å²) in [6, 6.07) is 13.7. The van der Waals surface area contributed by atoms with Gasteiger partial charge in [-0.05, 0) is 24.3 Å². The lowest BCUT2D eigenvalue weighted by Gasteiger charge is -2.10. The van der Waals surface area contributed by atoms with Crippen LogP contribution in [0.5, 0.6) is 5.75 Å². The summed E-state index contributed by atoms with van der Waals surface area (Å²) >= 11 is 0. The Morgan fingerprint density at radius 3 is 2.45 bits per heavy atom. The zero-order valence-corrected chi connectivity index (χ0v) is 12.7. The average Bonchev–Trinajstić information content (AvgIpc) is 2.55. The molecular weight excluding hydrogens is 300 g/mol. The minimum Gasteiger partial charge on any atom is -0.497 e. The summed E-state index contributed by atoms with van der Waals surface area (Å²) in [7, 11) is -2.14. The second kappa shape index (κ2) is 5.65. The van der Waals surface area contributed by atoms with Gasteiger partial charge in [-0.3, -0.25) is 9.71 Å². The quantitative estimate of drug-likeness (QED) is 0.803. The molecule has 3 aromatic rings. The van der Waals surface area contributed by atoms with Crippen molar-refractivity contribution >= 4 is 26.5 Å². The van der Waals surface area contributed by atoms with Crippen LogP contribution >= 0.6 is 0 Å². The molecule has 0 spiro atoms. The summed E-state index contributed by atoms with van der Waals surface area (Å²) < 4.78 is 32.5. The van der Waals surface area contributed by atoms with Crippen LogP contribution < -0.4 is 9.46 Å². The third kappa shape index (κ3) is 2.73. The van der Waals surface area contributed by atoms with E-state index in [-0.39, 0.29) is 4.90 Å². The number of pyridine rings is 1. The molecule has 1 N–H and O–H groups in total. The number of nitrogens with one attached hydrogen (secondary N) is 1. The van der Waals surface area contributed by atoms with E-state index < -0.39 is 10.0 Å². The van der Waals surface area contributed by atoms with E-state index in [1.807, 2.05) is 24.3 Å². The zero-order valence-electron chi connectivity index (χ0n) is 11.9. The topological polar surface area (TPSA) is 68.3 Å². The van der Waals surface area contributed by atoms with Crippen molar-refractivity contribution in [1.82, 2.24) is 4.98 Å². The third-order valence-electron chi connectivity index (χ3n) is 3.28. The Morgan fingerprint density at radius 1 is 1.00 bits per heavy atom. The summed E-state index contributed by atoms with van der Waals surface area (Å²) in [6.07, 6.45) is 3.20. The van der Waals surface area contributed by atoms with Crippen LogP contribution in [-0.4, -0.2) is 20.5 Å². The first-order valence-corrected chi connectivity index (χ1v) is 8.08. The van der Waals surface area contributed by atoms with E-state index in [0.29, 0.717) is 11.4 Å². The molecule has 3 rings (SSSR count). The van der Waals surface area contributed by atoms with E-state index in [0.717, 1.165) is 10.8 Å². The Kier molecular flexibility index (Phi) is 3.68. The van der Waals surface area contributed by atoms with E-state index in [4.69, 9.17) is 4.74 Å². The highest BCUT2D eigenvalue weighted by molar-refractivity contribution is 7.92. The molecule has 0 aliphatic rings. The lowest BCUT2D eigenvalue weighted by molar-refractivity contribution is 0.414. The number of hydrogen-bond donors (Lipinski definition) is 1. The van der Waals surface area contributed by atoms with Crippen molar-refractivity contribution < 1.29 is 13.2 Å². The van der Waals surface area contributed by atoms with Crippen molar-refractivity contribution in [2.24, 2.45) is 0 Å². The first-order chi connectivity index (χ1) is 10.6. The molecular formula is C16H14N2O3S. The highest BCUT2D eigenvalue weighted by Gasteiger charge is 2.15. The maximum absolute atomic E-state index is 12.5. The Balaban J connectivity index is 1.99. The van der Waals surface area contributed by atoms with Crippen LogP contribution in [0.1, 0.15) is 0 Å². The Hall–Kier alpha value is -2.60. The molecule has 0 saturated heterocycles.